The van der Waals surface area contributed by atoms with Gasteiger partial charge in [0.1, 0.15) is 22.8 Å². The van der Waals surface area contributed by atoms with Crippen LogP contribution in [0.1, 0.15) is 33.5 Å². The van der Waals surface area contributed by atoms with Crippen molar-refractivity contribution >= 4 is 34.2 Å². The van der Waals surface area contributed by atoms with Crippen LogP contribution in [0.2, 0.25) is 10.0 Å². The molecule has 0 radical (unpaired) electrons. The Morgan fingerprint density at radius 2 is 1.83 bits per heavy atom. The molecule has 4 aromatic rings. The van der Waals surface area contributed by atoms with E-state index in [-0.39, 0.29) is 36.4 Å². The number of rotatable bonds is 2. The number of hydrogen-bond acceptors (Lipinski definition) is 3. The topological polar surface area (TPSA) is 70.3 Å². The Bertz CT molecular complexity index is 1300. The second-order valence-corrected chi connectivity index (χ2v) is 8.79. The standard InChI is InChI=1S/C22H19Cl2N5.Na.H/c1-22(2,3)20-14(11-25)19(29(4)28-20)21-26-17-10-12(9-16(24)18(17)27-21)13-7-5-6-8-15(13)23;;/h5-10H,1-4H3,(H,26,27);;/q;+1;-1. The molecular weight excluding hydrogens is 428 g/mol. The molecular formula is C22H20Cl2N5Na. The van der Waals surface area contributed by atoms with Crippen molar-refractivity contribution in [3.8, 4) is 28.7 Å². The molecule has 4 rings (SSSR count). The van der Waals surface area contributed by atoms with Crippen LogP contribution in [0.5, 0.6) is 0 Å². The molecule has 0 unspecified atom stereocenters. The van der Waals surface area contributed by atoms with Gasteiger partial charge in [0, 0.05) is 23.0 Å². The van der Waals surface area contributed by atoms with Crippen LogP contribution in [0.15, 0.2) is 36.4 Å². The van der Waals surface area contributed by atoms with E-state index in [2.05, 4.69) is 21.1 Å². The Labute approximate surface area is 208 Å². The maximum absolute atomic E-state index is 9.80. The molecule has 0 spiro atoms. The molecule has 148 valence electrons. The number of nitriles is 1. The molecule has 0 saturated carbocycles. The Kier molecular flexibility index (Phi) is 6.38. The third kappa shape index (κ3) is 3.91. The van der Waals surface area contributed by atoms with Gasteiger partial charge in [-0.2, -0.15) is 10.4 Å². The van der Waals surface area contributed by atoms with Crippen molar-refractivity contribution in [2.75, 3.05) is 0 Å². The molecule has 0 aliphatic rings. The average molecular weight is 448 g/mol. The summed E-state index contributed by atoms with van der Waals surface area (Å²) in [5.74, 6) is 0.556. The zero-order valence-corrected chi connectivity index (χ0v) is 21.0. The predicted molar refractivity (Wildman–Crippen MR) is 118 cm³/mol. The van der Waals surface area contributed by atoms with Crippen LogP contribution in [0.4, 0.5) is 0 Å². The number of fused-ring (bicyclic) bond motifs is 1. The zero-order valence-electron chi connectivity index (χ0n) is 18.5. The number of aromatic amines is 1. The van der Waals surface area contributed by atoms with E-state index in [0.29, 0.717) is 32.6 Å². The van der Waals surface area contributed by atoms with Crippen molar-refractivity contribution < 1.29 is 31.0 Å². The summed E-state index contributed by atoms with van der Waals surface area (Å²) >= 11 is 12.9. The molecule has 0 amide bonds. The molecule has 0 fully saturated rings. The number of aromatic nitrogens is 4. The number of aryl methyl sites for hydroxylation is 1. The first-order chi connectivity index (χ1) is 13.7. The molecule has 0 aliphatic heterocycles. The van der Waals surface area contributed by atoms with E-state index in [1.165, 1.54) is 0 Å². The molecule has 2 aromatic carbocycles. The van der Waals surface area contributed by atoms with E-state index >= 15 is 0 Å². The number of H-pyrrole nitrogens is 1. The quantitative estimate of drug-likeness (QED) is 0.479. The number of nitrogens with one attached hydrogen (secondary N) is 1. The van der Waals surface area contributed by atoms with E-state index in [0.717, 1.165) is 22.3 Å². The fourth-order valence-corrected chi connectivity index (χ4v) is 3.97. The van der Waals surface area contributed by atoms with Crippen LogP contribution in [-0.2, 0) is 12.5 Å². The average Bonchev–Trinajstić information content (AvgIpc) is 3.22. The summed E-state index contributed by atoms with van der Waals surface area (Å²) in [5.41, 5.74) is 4.82. The van der Waals surface area contributed by atoms with Crippen LogP contribution in [-0.4, -0.2) is 19.7 Å². The van der Waals surface area contributed by atoms with Crippen molar-refractivity contribution in [1.82, 2.24) is 19.7 Å². The summed E-state index contributed by atoms with van der Waals surface area (Å²) in [4.78, 5) is 7.98. The van der Waals surface area contributed by atoms with Crippen LogP contribution < -0.4 is 29.6 Å². The minimum absolute atomic E-state index is 0. The SMILES string of the molecule is Cn1nc(C(C)(C)C)c(C#N)c1-c1nc2c(Cl)cc(-c3ccccc3Cl)cc2[nH]1.[H-].[Na+]. The number of hydrogen-bond donors (Lipinski definition) is 1. The van der Waals surface area contributed by atoms with Crippen LogP contribution in [0, 0.1) is 11.3 Å². The summed E-state index contributed by atoms with van der Waals surface area (Å²) < 4.78 is 1.69. The Balaban J connectivity index is 0.00000171. The fraction of sp³-hybridized carbons (Fsp3) is 0.227. The van der Waals surface area contributed by atoms with E-state index in [9.17, 15) is 5.26 Å². The molecule has 2 heterocycles. The molecule has 8 heteroatoms. The number of benzene rings is 2. The molecule has 0 aliphatic carbocycles. The molecule has 30 heavy (non-hydrogen) atoms. The molecule has 0 atom stereocenters. The van der Waals surface area contributed by atoms with Gasteiger partial charge in [-0.15, -0.1) is 0 Å². The largest absolute Gasteiger partial charge is 1.00 e. The van der Waals surface area contributed by atoms with Gasteiger partial charge in [0.05, 0.1) is 16.2 Å². The summed E-state index contributed by atoms with van der Waals surface area (Å²) in [7, 11) is 1.81. The van der Waals surface area contributed by atoms with Gasteiger partial charge in [-0.3, -0.25) is 4.68 Å². The Morgan fingerprint density at radius 1 is 1.13 bits per heavy atom. The van der Waals surface area contributed by atoms with Crippen molar-refractivity contribution in [2.45, 2.75) is 26.2 Å². The van der Waals surface area contributed by atoms with Gasteiger partial charge in [0.2, 0.25) is 0 Å². The first-order valence-electron chi connectivity index (χ1n) is 9.13. The van der Waals surface area contributed by atoms with Crippen LogP contribution >= 0.6 is 23.2 Å². The first kappa shape index (κ1) is 22.9. The minimum Gasteiger partial charge on any atom is -1.00 e. The van der Waals surface area contributed by atoms with Crippen molar-refractivity contribution in [2.24, 2.45) is 7.05 Å². The normalized spacial score (nSPS) is 11.4. The fourth-order valence-electron chi connectivity index (χ4n) is 3.46. The Morgan fingerprint density at radius 3 is 2.47 bits per heavy atom. The van der Waals surface area contributed by atoms with E-state index in [1.54, 1.807) is 4.68 Å². The third-order valence-corrected chi connectivity index (χ3v) is 5.44. The summed E-state index contributed by atoms with van der Waals surface area (Å²) in [6.45, 7) is 6.10. The molecule has 2 aromatic heterocycles. The summed E-state index contributed by atoms with van der Waals surface area (Å²) in [5, 5.41) is 15.5. The van der Waals surface area contributed by atoms with Gasteiger partial charge in [-0.05, 0) is 23.8 Å². The second-order valence-electron chi connectivity index (χ2n) is 7.98. The monoisotopic (exact) mass is 447 g/mol. The molecule has 0 saturated heterocycles. The second kappa shape index (κ2) is 8.37. The smallest absolute Gasteiger partial charge is 1.00 e. The Hall–Kier alpha value is -1.81. The van der Waals surface area contributed by atoms with Crippen molar-refractivity contribution in [1.29, 1.82) is 5.26 Å². The van der Waals surface area contributed by atoms with Crippen molar-refractivity contribution in [3.63, 3.8) is 0 Å². The number of halogens is 2. The van der Waals surface area contributed by atoms with Crippen molar-refractivity contribution in [3.05, 3.63) is 57.7 Å². The first-order valence-corrected chi connectivity index (χ1v) is 9.88. The van der Waals surface area contributed by atoms with Gasteiger partial charge >= 0.3 is 29.6 Å². The third-order valence-electron chi connectivity index (χ3n) is 4.82. The van der Waals surface area contributed by atoms with E-state index in [4.69, 9.17) is 23.2 Å². The molecule has 5 nitrogen and oxygen atoms in total. The predicted octanol–water partition coefficient (Wildman–Crippen LogP) is 3.22. The van der Waals surface area contributed by atoms with Gasteiger partial charge in [0.15, 0.2) is 5.82 Å². The van der Waals surface area contributed by atoms with Crippen LogP contribution in [0.25, 0.3) is 33.7 Å². The molecule has 1 N–H and O–H groups in total. The zero-order chi connectivity index (χ0) is 20.9. The minimum atomic E-state index is -0.262. The van der Waals surface area contributed by atoms with E-state index in [1.807, 2.05) is 64.2 Å². The summed E-state index contributed by atoms with van der Waals surface area (Å²) in [6.07, 6.45) is 0. The van der Waals surface area contributed by atoms with Gasteiger partial charge in [0.25, 0.3) is 0 Å². The number of imidazole rings is 1. The van der Waals surface area contributed by atoms with Crippen LogP contribution in [0.3, 0.4) is 0 Å². The van der Waals surface area contributed by atoms with Gasteiger partial charge in [-0.1, -0.05) is 62.2 Å². The maximum atomic E-state index is 9.80. The van der Waals surface area contributed by atoms with E-state index < -0.39 is 0 Å². The molecule has 0 bridgehead atoms. The number of nitrogens with zero attached hydrogens (tertiary/aromatic N) is 4. The maximum Gasteiger partial charge on any atom is 1.00 e. The van der Waals surface area contributed by atoms with Gasteiger partial charge in [-0.25, -0.2) is 4.98 Å². The van der Waals surface area contributed by atoms with Gasteiger partial charge < -0.3 is 6.41 Å². The summed E-state index contributed by atoms with van der Waals surface area (Å²) in [6, 6.07) is 13.7.